The number of piperazine rings is 1. The molecule has 178 valence electrons. The second-order valence-electron chi connectivity index (χ2n) is 8.99. The van der Waals surface area contributed by atoms with E-state index in [2.05, 4.69) is 30.1 Å². The van der Waals surface area contributed by atoms with Crippen molar-refractivity contribution in [1.82, 2.24) is 29.7 Å². The molecule has 0 atom stereocenters. The van der Waals surface area contributed by atoms with Gasteiger partial charge in [-0.3, -0.25) is 24.0 Å². The van der Waals surface area contributed by atoms with Crippen LogP contribution in [0.3, 0.4) is 0 Å². The van der Waals surface area contributed by atoms with E-state index in [1.54, 1.807) is 19.1 Å². The average molecular weight is 464 g/mol. The van der Waals surface area contributed by atoms with Crippen LogP contribution in [0.2, 0.25) is 0 Å². The van der Waals surface area contributed by atoms with Crippen molar-refractivity contribution in [3.8, 4) is 0 Å². The average Bonchev–Trinajstić information content (AvgIpc) is 3.64. The summed E-state index contributed by atoms with van der Waals surface area (Å²) in [5.41, 5.74) is 2.79. The number of pyridine rings is 2. The Bertz CT molecular complexity index is 1350. The molecule has 2 aliphatic rings. The van der Waals surface area contributed by atoms with Crippen molar-refractivity contribution in [1.29, 1.82) is 0 Å². The normalized spacial score (nSPS) is 16.7. The van der Waals surface area contributed by atoms with Gasteiger partial charge in [-0.2, -0.15) is 0 Å². The van der Waals surface area contributed by atoms with Crippen LogP contribution in [0.5, 0.6) is 0 Å². The van der Waals surface area contributed by atoms with Crippen LogP contribution in [-0.4, -0.2) is 62.5 Å². The first-order chi connectivity index (χ1) is 16.4. The Balaban J connectivity index is 1.23. The molecule has 1 amide bonds. The van der Waals surface area contributed by atoms with E-state index in [-0.39, 0.29) is 11.5 Å². The van der Waals surface area contributed by atoms with Crippen molar-refractivity contribution in [3.05, 3.63) is 62.2 Å². The Morgan fingerprint density at radius 2 is 1.85 bits per heavy atom. The number of H-pyrrole nitrogens is 1. The fourth-order valence-electron chi connectivity index (χ4n) is 4.43. The molecule has 1 saturated carbocycles. The minimum absolute atomic E-state index is 0.0974. The molecule has 10 heteroatoms. The summed E-state index contributed by atoms with van der Waals surface area (Å²) in [7, 11) is 0. The van der Waals surface area contributed by atoms with E-state index in [4.69, 9.17) is 0 Å². The Morgan fingerprint density at radius 3 is 2.53 bits per heavy atom. The van der Waals surface area contributed by atoms with Crippen molar-refractivity contribution < 1.29 is 4.79 Å². The number of nitrogens with zero attached hydrogens (tertiary/aromatic N) is 5. The van der Waals surface area contributed by atoms with Gasteiger partial charge in [-0.1, -0.05) is 0 Å². The van der Waals surface area contributed by atoms with Crippen LogP contribution in [0.25, 0.3) is 11.0 Å². The molecule has 5 rings (SSSR count). The smallest absolute Gasteiger partial charge is 0.329 e. The lowest BCUT2D eigenvalue weighted by Gasteiger charge is -2.36. The lowest BCUT2D eigenvalue weighted by molar-refractivity contribution is 0.0946. The van der Waals surface area contributed by atoms with Crippen LogP contribution in [0.4, 0.5) is 5.69 Å². The van der Waals surface area contributed by atoms with Gasteiger partial charge < -0.3 is 10.2 Å². The molecule has 0 bridgehead atoms. The number of hydrogen-bond donors (Lipinski definition) is 2. The third-order valence-electron chi connectivity index (χ3n) is 6.52. The van der Waals surface area contributed by atoms with Gasteiger partial charge in [0.1, 0.15) is 11.3 Å². The number of rotatable bonds is 6. The molecule has 1 aliphatic heterocycles. The summed E-state index contributed by atoms with van der Waals surface area (Å²) in [5, 5.41) is 3.41. The number of nitrogens with one attached hydrogen (secondary N) is 2. The number of anilines is 1. The SMILES string of the molecule is CCn1c(=O)[nH]c2nc(CN3CCN(c4ccc(C(=O)NC5CC5)nc4C)CC3)ccc2c1=O. The number of fused-ring (bicyclic) bond motifs is 1. The highest BCUT2D eigenvalue weighted by Crippen LogP contribution is 2.22. The van der Waals surface area contributed by atoms with Gasteiger partial charge in [0, 0.05) is 45.3 Å². The summed E-state index contributed by atoms with van der Waals surface area (Å²) >= 11 is 0. The van der Waals surface area contributed by atoms with E-state index in [1.807, 2.05) is 19.1 Å². The van der Waals surface area contributed by atoms with Gasteiger partial charge >= 0.3 is 5.69 Å². The molecular weight excluding hydrogens is 434 g/mol. The predicted octanol–water partition coefficient (Wildman–Crippen LogP) is 1.02. The van der Waals surface area contributed by atoms with E-state index in [0.29, 0.717) is 35.9 Å². The Morgan fingerprint density at radius 1 is 1.09 bits per heavy atom. The summed E-state index contributed by atoms with van der Waals surface area (Å²) in [4.78, 5) is 53.2. The monoisotopic (exact) mass is 463 g/mol. The quantitative estimate of drug-likeness (QED) is 0.561. The maximum absolute atomic E-state index is 12.4. The van der Waals surface area contributed by atoms with Crippen LogP contribution in [0, 0.1) is 6.92 Å². The van der Waals surface area contributed by atoms with Gasteiger partial charge in [-0.05, 0) is 51.0 Å². The first kappa shape index (κ1) is 22.3. The number of aryl methyl sites for hydroxylation is 1. The summed E-state index contributed by atoms with van der Waals surface area (Å²) < 4.78 is 1.17. The maximum Gasteiger partial charge on any atom is 0.329 e. The van der Waals surface area contributed by atoms with Gasteiger partial charge in [-0.25, -0.2) is 14.8 Å². The number of carbonyl (C=O) groups excluding carboxylic acids is 1. The Labute approximate surface area is 196 Å². The van der Waals surface area contributed by atoms with Crippen molar-refractivity contribution in [3.63, 3.8) is 0 Å². The number of hydrogen-bond acceptors (Lipinski definition) is 7. The van der Waals surface area contributed by atoms with Crippen molar-refractivity contribution >= 4 is 22.6 Å². The first-order valence-corrected chi connectivity index (χ1v) is 11.8. The number of amides is 1. The first-order valence-electron chi connectivity index (χ1n) is 11.8. The second-order valence-corrected chi connectivity index (χ2v) is 8.99. The van der Waals surface area contributed by atoms with Crippen molar-refractivity contribution in [2.45, 2.75) is 45.8 Å². The number of aromatic amines is 1. The minimum atomic E-state index is -0.432. The molecule has 4 heterocycles. The largest absolute Gasteiger partial charge is 0.368 e. The molecule has 0 unspecified atom stereocenters. The molecular formula is C24H29N7O3. The van der Waals surface area contributed by atoms with Gasteiger partial charge in [-0.15, -0.1) is 0 Å². The zero-order valence-corrected chi connectivity index (χ0v) is 19.5. The fourth-order valence-corrected chi connectivity index (χ4v) is 4.43. The zero-order valence-electron chi connectivity index (χ0n) is 19.5. The number of carbonyl (C=O) groups is 1. The van der Waals surface area contributed by atoms with E-state index in [9.17, 15) is 14.4 Å². The third-order valence-corrected chi connectivity index (χ3v) is 6.52. The third kappa shape index (κ3) is 4.45. The predicted molar refractivity (Wildman–Crippen MR) is 129 cm³/mol. The van der Waals surface area contributed by atoms with Gasteiger partial charge in [0.2, 0.25) is 0 Å². The Hall–Kier alpha value is -3.53. The zero-order chi connectivity index (χ0) is 23.8. The van der Waals surface area contributed by atoms with Crippen LogP contribution in [-0.2, 0) is 13.1 Å². The lowest BCUT2D eigenvalue weighted by atomic mass is 10.2. The van der Waals surface area contributed by atoms with Crippen LogP contribution in [0.1, 0.15) is 41.6 Å². The standard InChI is InChI=1S/C24H29N7O3/c1-3-31-23(33)18-7-6-17(26-21(18)28-24(31)34)14-29-10-12-30(13-11-29)20-9-8-19(25-15(20)2)22(32)27-16-4-5-16/h6-9,16H,3-5,10-14H2,1-2H3,(H,27,32)(H,26,28,34). The molecule has 1 aliphatic carbocycles. The van der Waals surface area contributed by atoms with Gasteiger partial charge in [0.05, 0.1) is 22.5 Å². The van der Waals surface area contributed by atoms with Crippen LogP contribution >= 0.6 is 0 Å². The summed E-state index contributed by atoms with van der Waals surface area (Å²) in [6.07, 6.45) is 2.11. The molecule has 0 spiro atoms. The van der Waals surface area contributed by atoms with E-state index in [0.717, 1.165) is 56.1 Å². The fraction of sp³-hybridized carbons (Fsp3) is 0.458. The highest BCUT2D eigenvalue weighted by Gasteiger charge is 2.25. The van der Waals surface area contributed by atoms with Gasteiger partial charge in [0.25, 0.3) is 11.5 Å². The molecule has 2 N–H and O–H groups in total. The Kier molecular flexibility index (Phi) is 5.91. The van der Waals surface area contributed by atoms with E-state index in [1.165, 1.54) is 4.57 Å². The highest BCUT2D eigenvalue weighted by atomic mass is 16.2. The van der Waals surface area contributed by atoms with Crippen molar-refractivity contribution in [2.24, 2.45) is 0 Å². The molecule has 10 nitrogen and oxygen atoms in total. The minimum Gasteiger partial charge on any atom is -0.368 e. The van der Waals surface area contributed by atoms with E-state index >= 15 is 0 Å². The summed E-state index contributed by atoms with van der Waals surface area (Å²) in [6.45, 7) is 8.03. The molecule has 1 saturated heterocycles. The molecule has 2 fully saturated rings. The molecule has 34 heavy (non-hydrogen) atoms. The van der Waals surface area contributed by atoms with Gasteiger partial charge in [0.15, 0.2) is 0 Å². The maximum atomic E-state index is 12.4. The summed E-state index contributed by atoms with van der Waals surface area (Å²) in [5.74, 6) is -0.0974. The van der Waals surface area contributed by atoms with E-state index < -0.39 is 5.69 Å². The number of aromatic nitrogens is 4. The second kappa shape index (κ2) is 9.02. The molecule has 0 aromatic carbocycles. The van der Waals surface area contributed by atoms with Crippen LogP contribution < -0.4 is 21.5 Å². The van der Waals surface area contributed by atoms with Crippen LogP contribution in [0.15, 0.2) is 33.9 Å². The molecule has 0 radical (unpaired) electrons. The topological polar surface area (TPSA) is 116 Å². The summed E-state index contributed by atoms with van der Waals surface area (Å²) in [6, 6.07) is 7.71. The molecule has 3 aromatic heterocycles. The molecule has 3 aromatic rings. The van der Waals surface area contributed by atoms with Crippen molar-refractivity contribution in [2.75, 3.05) is 31.1 Å². The lowest BCUT2D eigenvalue weighted by Crippen LogP contribution is -2.46. The highest BCUT2D eigenvalue weighted by molar-refractivity contribution is 5.93.